The summed E-state index contributed by atoms with van der Waals surface area (Å²) in [5.41, 5.74) is 2.44. The molecule has 7 nitrogen and oxygen atoms in total. The third-order valence-electron chi connectivity index (χ3n) is 3.32. The smallest absolute Gasteiger partial charge is 0.222 e. The van der Waals surface area contributed by atoms with E-state index in [9.17, 15) is 0 Å². The molecule has 0 aliphatic rings. The summed E-state index contributed by atoms with van der Waals surface area (Å²) in [5.74, 6) is 1.23. The first kappa shape index (κ1) is 13.7. The molecular formula is C14H19N7. The SMILES string of the molecule is CC(CNc1nc2ccccc2n2nnnc12)CN(C)C. The number of nitrogens with one attached hydrogen (secondary N) is 1. The molecule has 2 heterocycles. The van der Waals surface area contributed by atoms with Gasteiger partial charge in [-0.05, 0) is 42.6 Å². The number of hydrogen-bond acceptors (Lipinski definition) is 6. The van der Waals surface area contributed by atoms with Gasteiger partial charge in [-0.25, -0.2) is 4.98 Å². The van der Waals surface area contributed by atoms with Crippen molar-refractivity contribution >= 4 is 22.5 Å². The van der Waals surface area contributed by atoms with Crippen LogP contribution >= 0.6 is 0 Å². The van der Waals surface area contributed by atoms with Crippen molar-refractivity contribution in [3.05, 3.63) is 24.3 Å². The van der Waals surface area contributed by atoms with Crippen molar-refractivity contribution in [2.24, 2.45) is 5.92 Å². The zero-order chi connectivity index (χ0) is 14.8. The van der Waals surface area contributed by atoms with Crippen molar-refractivity contribution < 1.29 is 0 Å². The summed E-state index contributed by atoms with van der Waals surface area (Å²) in [6.07, 6.45) is 0. The zero-order valence-corrected chi connectivity index (χ0v) is 12.5. The van der Waals surface area contributed by atoms with E-state index in [0.717, 1.165) is 29.9 Å². The Kier molecular flexibility index (Phi) is 3.66. The third-order valence-corrected chi connectivity index (χ3v) is 3.32. The van der Waals surface area contributed by atoms with Crippen molar-refractivity contribution in [1.82, 2.24) is 29.9 Å². The molecule has 1 atom stereocenters. The van der Waals surface area contributed by atoms with Gasteiger partial charge in [-0.15, -0.1) is 5.10 Å². The molecular weight excluding hydrogens is 266 g/mol. The molecule has 2 aromatic heterocycles. The Morgan fingerprint density at radius 1 is 1.29 bits per heavy atom. The van der Waals surface area contributed by atoms with Crippen LogP contribution in [0.2, 0.25) is 0 Å². The number of rotatable bonds is 5. The molecule has 0 fully saturated rings. The molecule has 110 valence electrons. The van der Waals surface area contributed by atoms with Gasteiger partial charge in [0.1, 0.15) is 0 Å². The van der Waals surface area contributed by atoms with Gasteiger partial charge in [-0.3, -0.25) is 0 Å². The largest absolute Gasteiger partial charge is 0.367 e. The number of hydrogen-bond donors (Lipinski definition) is 1. The fourth-order valence-corrected chi connectivity index (χ4v) is 2.48. The first-order valence-corrected chi connectivity index (χ1v) is 7.00. The second-order valence-corrected chi connectivity index (χ2v) is 5.61. The van der Waals surface area contributed by atoms with Crippen molar-refractivity contribution in [3.63, 3.8) is 0 Å². The van der Waals surface area contributed by atoms with Crippen LogP contribution in [0.3, 0.4) is 0 Å². The Bertz CT molecular complexity index is 749. The molecule has 21 heavy (non-hydrogen) atoms. The second kappa shape index (κ2) is 5.61. The van der Waals surface area contributed by atoms with Gasteiger partial charge in [0.15, 0.2) is 5.82 Å². The van der Waals surface area contributed by atoms with Gasteiger partial charge < -0.3 is 10.2 Å². The van der Waals surface area contributed by atoms with Crippen LogP contribution in [0.4, 0.5) is 5.82 Å². The molecule has 0 spiro atoms. The van der Waals surface area contributed by atoms with Crippen LogP contribution < -0.4 is 5.32 Å². The van der Waals surface area contributed by atoms with Crippen LogP contribution in [-0.4, -0.2) is 57.1 Å². The molecule has 0 aliphatic carbocycles. The van der Waals surface area contributed by atoms with Gasteiger partial charge >= 0.3 is 0 Å². The Labute approximate surface area is 123 Å². The molecule has 1 N–H and O–H groups in total. The van der Waals surface area contributed by atoms with E-state index in [-0.39, 0.29) is 0 Å². The van der Waals surface area contributed by atoms with Crippen LogP contribution in [0.1, 0.15) is 6.92 Å². The first-order chi connectivity index (χ1) is 10.1. The maximum absolute atomic E-state index is 4.64. The van der Waals surface area contributed by atoms with Gasteiger partial charge in [0.25, 0.3) is 0 Å². The Morgan fingerprint density at radius 3 is 2.90 bits per heavy atom. The monoisotopic (exact) mass is 285 g/mol. The highest BCUT2D eigenvalue weighted by molar-refractivity contribution is 5.81. The average Bonchev–Trinajstić information content (AvgIpc) is 2.94. The summed E-state index contributed by atoms with van der Waals surface area (Å²) in [6, 6.07) is 7.84. The number of anilines is 1. The van der Waals surface area contributed by atoms with Gasteiger partial charge in [-0.1, -0.05) is 19.1 Å². The number of benzene rings is 1. The molecule has 0 saturated carbocycles. The Hall–Kier alpha value is -2.28. The number of aromatic nitrogens is 5. The maximum atomic E-state index is 4.64. The third kappa shape index (κ3) is 2.78. The van der Waals surface area contributed by atoms with E-state index in [2.05, 4.69) is 51.7 Å². The average molecular weight is 285 g/mol. The molecule has 0 saturated heterocycles. The Balaban J connectivity index is 1.92. The van der Waals surface area contributed by atoms with E-state index in [4.69, 9.17) is 0 Å². The van der Waals surface area contributed by atoms with E-state index < -0.39 is 0 Å². The topological polar surface area (TPSA) is 71.2 Å². The highest BCUT2D eigenvalue weighted by atomic mass is 15.5. The Morgan fingerprint density at radius 2 is 2.10 bits per heavy atom. The first-order valence-electron chi connectivity index (χ1n) is 7.00. The van der Waals surface area contributed by atoms with Crippen LogP contribution in [0, 0.1) is 5.92 Å². The van der Waals surface area contributed by atoms with Crippen LogP contribution in [0.25, 0.3) is 16.7 Å². The molecule has 0 amide bonds. The molecule has 0 radical (unpaired) electrons. The molecule has 0 aliphatic heterocycles. The maximum Gasteiger partial charge on any atom is 0.222 e. The summed E-state index contributed by atoms with van der Waals surface area (Å²) in [4.78, 5) is 6.81. The lowest BCUT2D eigenvalue weighted by Crippen LogP contribution is -2.25. The molecule has 3 aromatic rings. The van der Waals surface area contributed by atoms with Gasteiger partial charge in [0.2, 0.25) is 5.65 Å². The van der Waals surface area contributed by atoms with E-state index >= 15 is 0 Å². The van der Waals surface area contributed by atoms with Gasteiger partial charge in [-0.2, -0.15) is 4.52 Å². The fraction of sp³-hybridized carbons (Fsp3) is 0.429. The molecule has 1 unspecified atom stereocenters. The predicted octanol–water partition coefficient (Wildman–Crippen LogP) is 1.28. The van der Waals surface area contributed by atoms with Gasteiger partial charge in [0.05, 0.1) is 11.0 Å². The molecule has 7 heteroatoms. The molecule has 1 aromatic carbocycles. The van der Waals surface area contributed by atoms with Crippen LogP contribution in [0.15, 0.2) is 24.3 Å². The van der Waals surface area contributed by atoms with Crippen molar-refractivity contribution in [3.8, 4) is 0 Å². The highest BCUT2D eigenvalue weighted by Gasteiger charge is 2.12. The van der Waals surface area contributed by atoms with Crippen molar-refractivity contribution in [2.75, 3.05) is 32.5 Å². The summed E-state index contributed by atoms with van der Waals surface area (Å²) in [6.45, 7) is 4.04. The number of tetrazole rings is 1. The lowest BCUT2D eigenvalue weighted by atomic mass is 10.2. The zero-order valence-electron chi connectivity index (χ0n) is 12.5. The normalized spacial score (nSPS) is 13.1. The summed E-state index contributed by atoms with van der Waals surface area (Å²) < 4.78 is 1.72. The van der Waals surface area contributed by atoms with Crippen molar-refractivity contribution in [2.45, 2.75) is 6.92 Å². The van der Waals surface area contributed by atoms with E-state index in [1.807, 2.05) is 24.3 Å². The summed E-state index contributed by atoms with van der Waals surface area (Å²) in [7, 11) is 4.15. The molecule has 3 rings (SSSR count). The second-order valence-electron chi connectivity index (χ2n) is 5.61. The predicted molar refractivity (Wildman–Crippen MR) is 82.3 cm³/mol. The van der Waals surface area contributed by atoms with Gasteiger partial charge in [0, 0.05) is 13.1 Å². The minimum absolute atomic E-state index is 0.504. The van der Waals surface area contributed by atoms with Crippen LogP contribution in [-0.2, 0) is 0 Å². The standard InChI is InChI=1S/C14H19N7/c1-10(9-20(2)3)8-15-13-14-17-18-19-21(14)12-7-5-4-6-11(12)16-13/h4-7,10H,8-9H2,1-3H3,(H,15,16). The lowest BCUT2D eigenvalue weighted by Gasteiger charge is -2.17. The highest BCUT2D eigenvalue weighted by Crippen LogP contribution is 2.18. The lowest BCUT2D eigenvalue weighted by molar-refractivity contribution is 0.347. The molecule has 0 bridgehead atoms. The minimum atomic E-state index is 0.504. The van der Waals surface area contributed by atoms with Crippen LogP contribution in [0.5, 0.6) is 0 Å². The summed E-state index contributed by atoms with van der Waals surface area (Å²) >= 11 is 0. The van der Waals surface area contributed by atoms with E-state index in [1.165, 1.54) is 0 Å². The number of fused-ring (bicyclic) bond motifs is 3. The van der Waals surface area contributed by atoms with E-state index in [0.29, 0.717) is 11.6 Å². The number of para-hydroxylation sites is 2. The number of nitrogens with zero attached hydrogens (tertiary/aromatic N) is 6. The minimum Gasteiger partial charge on any atom is -0.367 e. The fourth-order valence-electron chi connectivity index (χ4n) is 2.48. The quantitative estimate of drug-likeness (QED) is 0.761. The summed E-state index contributed by atoms with van der Waals surface area (Å²) in [5, 5.41) is 15.3. The van der Waals surface area contributed by atoms with Crippen molar-refractivity contribution in [1.29, 1.82) is 0 Å². The van der Waals surface area contributed by atoms with E-state index in [1.54, 1.807) is 4.52 Å².